The number of hydrogen-bond donors (Lipinski definition) is 2. The molecule has 0 bridgehead atoms. The van der Waals surface area contributed by atoms with Gasteiger partial charge in [0.2, 0.25) is 0 Å². The Bertz CT molecular complexity index is 961. The lowest BCUT2D eigenvalue weighted by Gasteiger charge is -2.31. The number of carbonyl (C=O) groups excluding carboxylic acids is 2. The number of ether oxygens (including phenoxy) is 2. The number of hydrogen-bond acceptors (Lipinski definition) is 5. The molecule has 2 rings (SSSR count). The van der Waals surface area contributed by atoms with Crippen molar-refractivity contribution in [2.45, 2.75) is 59.7 Å². The number of rotatable bonds is 7. The predicted octanol–water partition coefficient (Wildman–Crippen LogP) is 6.76. The van der Waals surface area contributed by atoms with Crippen molar-refractivity contribution < 1.29 is 19.1 Å². The first kappa shape index (κ1) is 26.8. The van der Waals surface area contributed by atoms with Crippen LogP contribution in [0, 0.1) is 5.41 Å². The van der Waals surface area contributed by atoms with Crippen molar-refractivity contribution >= 4 is 46.6 Å². The van der Waals surface area contributed by atoms with E-state index in [-0.39, 0.29) is 13.0 Å². The number of anilines is 2. The van der Waals surface area contributed by atoms with Gasteiger partial charge in [0, 0.05) is 11.1 Å². The highest BCUT2D eigenvalue weighted by molar-refractivity contribution is 6.39. The van der Waals surface area contributed by atoms with Crippen LogP contribution in [0.1, 0.15) is 47.1 Å². The molecule has 0 aromatic heterocycles. The van der Waals surface area contributed by atoms with Gasteiger partial charge in [0.15, 0.2) is 0 Å². The molecular weight excluding hydrogens is 463 g/mol. The maximum Gasteiger partial charge on any atom is 0.407 e. The van der Waals surface area contributed by atoms with Gasteiger partial charge in [-0.1, -0.05) is 68.2 Å². The highest BCUT2D eigenvalue weighted by Gasteiger charge is 2.30. The molecule has 1 unspecified atom stereocenters. The molecule has 0 aliphatic heterocycles. The van der Waals surface area contributed by atoms with Gasteiger partial charge < -0.3 is 20.1 Å². The Labute approximate surface area is 205 Å². The van der Waals surface area contributed by atoms with Crippen LogP contribution in [0.5, 0.6) is 0 Å². The van der Waals surface area contributed by atoms with Gasteiger partial charge in [-0.2, -0.15) is 0 Å². The molecule has 0 spiro atoms. The molecule has 6 nitrogen and oxygen atoms in total. The molecule has 2 N–H and O–H groups in total. The van der Waals surface area contributed by atoms with Crippen molar-refractivity contribution in [1.82, 2.24) is 5.32 Å². The minimum atomic E-state index is -0.612. The second kappa shape index (κ2) is 11.1. The predicted molar refractivity (Wildman–Crippen MR) is 133 cm³/mol. The van der Waals surface area contributed by atoms with Crippen molar-refractivity contribution in [2.24, 2.45) is 5.41 Å². The Morgan fingerprint density at radius 1 is 0.939 bits per heavy atom. The van der Waals surface area contributed by atoms with Crippen LogP contribution in [0.2, 0.25) is 10.0 Å². The molecule has 0 radical (unpaired) electrons. The number of nitrogens with one attached hydrogen (secondary N) is 2. The van der Waals surface area contributed by atoms with E-state index in [0.29, 0.717) is 21.4 Å². The van der Waals surface area contributed by atoms with E-state index in [4.69, 9.17) is 32.7 Å². The first-order valence-corrected chi connectivity index (χ1v) is 11.5. The van der Waals surface area contributed by atoms with Crippen LogP contribution in [0.15, 0.2) is 42.5 Å². The summed E-state index contributed by atoms with van der Waals surface area (Å²) >= 11 is 12.5. The third-order valence-electron chi connectivity index (χ3n) is 4.64. The Morgan fingerprint density at radius 2 is 1.55 bits per heavy atom. The van der Waals surface area contributed by atoms with Crippen LogP contribution < -0.4 is 10.6 Å². The van der Waals surface area contributed by atoms with Gasteiger partial charge in [-0.3, -0.25) is 4.79 Å². The molecule has 2 aromatic carbocycles. The fraction of sp³-hybridized carbons (Fsp3) is 0.440. The number of alkyl carbamates (subject to hydrolysis) is 1. The Morgan fingerprint density at radius 3 is 2.12 bits per heavy atom. The topological polar surface area (TPSA) is 76.7 Å². The number of amides is 1. The van der Waals surface area contributed by atoms with E-state index in [1.807, 2.05) is 45.0 Å². The Balaban J connectivity index is 2.09. The largest absolute Gasteiger partial charge is 0.460 e. The average molecular weight is 495 g/mol. The van der Waals surface area contributed by atoms with E-state index in [1.165, 1.54) is 0 Å². The molecule has 8 heteroatoms. The Kier molecular flexibility index (Phi) is 9.04. The third kappa shape index (κ3) is 8.78. The van der Waals surface area contributed by atoms with Crippen LogP contribution >= 0.6 is 23.2 Å². The van der Waals surface area contributed by atoms with Crippen LogP contribution in [0.25, 0.3) is 0 Å². The van der Waals surface area contributed by atoms with Crippen molar-refractivity contribution in [1.29, 1.82) is 0 Å². The van der Waals surface area contributed by atoms with Gasteiger partial charge in [0.05, 0.1) is 28.7 Å². The summed E-state index contributed by atoms with van der Waals surface area (Å²) < 4.78 is 11.0. The van der Waals surface area contributed by atoms with Gasteiger partial charge in [-0.15, -0.1) is 0 Å². The lowest BCUT2D eigenvalue weighted by molar-refractivity contribution is -0.153. The third-order valence-corrected chi connectivity index (χ3v) is 5.27. The van der Waals surface area contributed by atoms with E-state index in [1.54, 1.807) is 39.0 Å². The quantitative estimate of drug-likeness (QED) is 0.415. The number of esters is 1. The van der Waals surface area contributed by atoms with Crippen molar-refractivity contribution in [3.8, 4) is 0 Å². The van der Waals surface area contributed by atoms with E-state index >= 15 is 0 Å². The SMILES string of the molecule is CC(C)(C)OC(=O)NCC(OC(=O)Cc1ccccc1Nc1c(Cl)cccc1Cl)C(C)(C)C. The minimum absolute atomic E-state index is 0.0320. The smallest absolute Gasteiger partial charge is 0.407 e. The fourth-order valence-electron chi connectivity index (χ4n) is 2.92. The van der Waals surface area contributed by atoms with Gasteiger partial charge in [0.25, 0.3) is 0 Å². The first-order valence-electron chi connectivity index (χ1n) is 10.7. The van der Waals surface area contributed by atoms with Crippen LogP contribution in [-0.2, 0) is 20.7 Å². The molecule has 1 atom stereocenters. The van der Waals surface area contributed by atoms with Gasteiger partial charge >= 0.3 is 12.1 Å². The first-order chi connectivity index (χ1) is 15.3. The highest BCUT2D eigenvalue weighted by Crippen LogP contribution is 2.34. The summed E-state index contributed by atoms with van der Waals surface area (Å²) in [5.41, 5.74) is 0.984. The maximum atomic E-state index is 12.8. The second-order valence-corrected chi connectivity index (χ2v) is 10.6. The van der Waals surface area contributed by atoms with Crippen molar-refractivity contribution in [3.05, 3.63) is 58.1 Å². The molecule has 0 saturated heterocycles. The lowest BCUT2D eigenvalue weighted by atomic mass is 9.89. The maximum absolute atomic E-state index is 12.8. The molecule has 0 aliphatic rings. The van der Waals surface area contributed by atoms with Crippen LogP contribution in [0.4, 0.5) is 16.2 Å². The summed E-state index contributed by atoms with van der Waals surface area (Å²) in [6.07, 6.45) is -1.07. The standard InChI is InChI=1S/C25H32Cl2N2O4/c1-24(2,3)20(15-28-23(31)33-25(4,5)6)32-21(30)14-16-10-7-8-13-19(16)29-22-17(26)11-9-12-18(22)27/h7-13,20,29H,14-15H2,1-6H3,(H,28,31). The number of carbonyl (C=O) groups is 2. The van der Waals surface area contributed by atoms with E-state index in [2.05, 4.69) is 10.6 Å². The molecule has 0 heterocycles. The summed E-state index contributed by atoms with van der Waals surface area (Å²) in [7, 11) is 0. The monoisotopic (exact) mass is 494 g/mol. The molecule has 0 aliphatic carbocycles. The van der Waals surface area contributed by atoms with E-state index in [0.717, 1.165) is 5.56 Å². The summed E-state index contributed by atoms with van der Waals surface area (Å²) in [4.78, 5) is 24.9. The number of halogens is 2. The van der Waals surface area contributed by atoms with Gasteiger partial charge in [0.1, 0.15) is 11.7 Å². The Hall–Kier alpha value is -2.44. The summed E-state index contributed by atoms with van der Waals surface area (Å²) in [5.74, 6) is -0.416. The molecule has 0 fully saturated rings. The lowest BCUT2D eigenvalue weighted by Crippen LogP contribution is -2.44. The molecule has 33 heavy (non-hydrogen) atoms. The molecule has 0 saturated carbocycles. The number of benzene rings is 2. The highest BCUT2D eigenvalue weighted by atomic mass is 35.5. The van der Waals surface area contributed by atoms with E-state index < -0.39 is 29.2 Å². The van der Waals surface area contributed by atoms with Crippen LogP contribution in [0.3, 0.4) is 0 Å². The number of para-hydroxylation sites is 2. The van der Waals surface area contributed by atoms with Crippen molar-refractivity contribution in [3.63, 3.8) is 0 Å². The summed E-state index contributed by atoms with van der Waals surface area (Å²) in [6, 6.07) is 12.6. The fourth-order valence-corrected chi connectivity index (χ4v) is 3.41. The second-order valence-electron chi connectivity index (χ2n) is 9.78. The minimum Gasteiger partial charge on any atom is -0.460 e. The average Bonchev–Trinajstić information content (AvgIpc) is 2.67. The molecule has 2 aromatic rings. The van der Waals surface area contributed by atoms with E-state index in [9.17, 15) is 9.59 Å². The molecule has 180 valence electrons. The molecular formula is C25H32Cl2N2O4. The zero-order chi connectivity index (χ0) is 24.8. The zero-order valence-electron chi connectivity index (χ0n) is 19.9. The van der Waals surface area contributed by atoms with Crippen molar-refractivity contribution in [2.75, 3.05) is 11.9 Å². The van der Waals surface area contributed by atoms with Gasteiger partial charge in [-0.25, -0.2) is 4.79 Å². The summed E-state index contributed by atoms with van der Waals surface area (Å²) in [6.45, 7) is 11.3. The normalized spacial score (nSPS) is 12.6. The molecule has 1 amide bonds. The summed E-state index contributed by atoms with van der Waals surface area (Å²) in [5, 5.41) is 6.85. The van der Waals surface area contributed by atoms with Crippen LogP contribution in [-0.4, -0.2) is 30.3 Å². The zero-order valence-corrected chi connectivity index (χ0v) is 21.4. The van der Waals surface area contributed by atoms with Gasteiger partial charge in [-0.05, 0) is 44.5 Å².